The number of hydrogen-bond acceptors (Lipinski definition) is 6. The Kier molecular flexibility index (Phi) is 8.84. The third-order valence-electron chi connectivity index (χ3n) is 9.46. The van der Waals surface area contributed by atoms with Gasteiger partial charge in [-0.25, -0.2) is 0 Å². The van der Waals surface area contributed by atoms with Crippen LogP contribution in [-0.2, 0) is 15.6 Å². The minimum Gasteiger partial charge on any atom is -0.502 e. The molecule has 0 saturated carbocycles. The summed E-state index contributed by atoms with van der Waals surface area (Å²) in [7, 11) is 2.85. The normalized spacial score (nSPS) is 24.1. The van der Waals surface area contributed by atoms with Crippen LogP contribution in [0.15, 0.2) is 60.7 Å². The molecule has 3 N–H and O–H groups in total. The van der Waals surface area contributed by atoms with E-state index >= 15 is 0 Å². The lowest BCUT2D eigenvalue weighted by atomic mass is 9.61. The Morgan fingerprint density at radius 2 is 1.63 bits per heavy atom. The van der Waals surface area contributed by atoms with Gasteiger partial charge in [-0.05, 0) is 67.7 Å². The zero-order valence-electron chi connectivity index (χ0n) is 24.6. The zero-order chi connectivity index (χ0) is 30.9. The summed E-state index contributed by atoms with van der Waals surface area (Å²) < 4.78 is 10.6. The topological polar surface area (TPSA) is 105 Å². The molecule has 2 aliphatic rings. The number of phenols is 1. The van der Waals surface area contributed by atoms with Gasteiger partial charge in [-0.15, -0.1) is 0 Å². The molecule has 0 aromatic heterocycles. The van der Waals surface area contributed by atoms with E-state index < -0.39 is 10.8 Å². The summed E-state index contributed by atoms with van der Waals surface area (Å²) in [5.41, 5.74) is 6.97. The number of rotatable bonds is 8. The van der Waals surface area contributed by atoms with Crippen LogP contribution in [-0.4, -0.2) is 73.2 Å². The van der Waals surface area contributed by atoms with Crippen molar-refractivity contribution in [2.24, 2.45) is 5.73 Å². The fraction of sp³-hybridized carbons (Fsp3) is 0.394. The van der Waals surface area contributed by atoms with E-state index in [9.17, 15) is 14.7 Å². The van der Waals surface area contributed by atoms with Gasteiger partial charge in [0, 0.05) is 30.1 Å². The molecule has 228 valence electrons. The van der Waals surface area contributed by atoms with Crippen molar-refractivity contribution >= 4 is 35.0 Å². The average molecular weight is 627 g/mol. The van der Waals surface area contributed by atoms with E-state index in [4.69, 9.17) is 38.4 Å². The Balaban J connectivity index is 1.61. The lowest BCUT2D eigenvalue weighted by molar-refractivity contribution is -0.127. The summed E-state index contributed by atoms with van der Waals surface area (Å²) in [4.78, 5) is 31.6. The number of amides is 2. The van der Waals surface area contributed by atoms with Crippen LogP contribution < -0.4 is 15.2 Å². The largest absolute Gasteiger partial charge is 0.502 e. The second-order valence-electron chi connectivity index (χ2n) is 11.4. The van der Waals surface area contributed by atoms with E-state index in [0.717, 1.165) is 17.7 Å². The molecule has 3 aromatic carbocycles. The van der Waals surface area contributed by atoms with Crippen LogP contribution in [0.5, 0.6) is 17.2 Å². The molecule has 2 saturated heterocycles. The Morgan fingerprint density at radius 3 is 2.21 bits per heavy atom. The Morgan fingerprint density at radius 1 is 0.953 bits per heavy atom. The second kappa shape index (κ2) is 12.3. The number of likely N-dealkylation sites (tertiary alicyclic amines) is 2. The lowest BCUT2D eigenvalue weighted by Gasteiger charge is -2.52. The number of phenolic OH excluding ortho intramolecular Hbond substituents is 1. The van der Waals surface area contributed by atoms with Gasteiger partial charge in [-0.1, -0.05) is 66.5 Å². The van der Waals surface area contributed by atoms with Crippen molar-refractivity contribution in [3.8, 4) is 17.2 Å². The molecule has 8 nitrogen and oxygen atoms in total. The van der Waals surface area contributed by atoms with Crippen molar-refractivity contribution in [1.29, 1.82) is 0 Å². The van der Waals surface area contributed by atoms with Gasteiger partial charge < -0.3 is 25.2 Å². The summed E-state index contributed by atoms with van der Waals surface area (Å²) >= 11 is 12.9. The standard InChI is InChI=1S/C33H37Cl2N3O5/c1-4-37-14-12-32(31(36)41,22-8-6-5-7-9-22)19-28(37)33(23-10-11-24(34)25(35)18-23)13-15-38(20-33)30(40)21-16-26(42-2)29(39)27(17-21)43-3/h5-11,16-18,28,39H,4,12-15,19-20H2,1-3H3,(H2,36,41). The summed E-state index contributed by atoms with van der Waals surface area (Å²) in [6.07, 6.45) is 1.72. The molecule has 2 heterocycles. The number of halogens is 2. The number of nitrogens with two attached hydrogens (primary N) is 1. The van der Waals surface area contributed by atoms with E-state index in [1.54, 1.807) is 6.07 Å². The number of likely N-dealkylation sites (N-methyl/N-ethyl adjacent to an activating group) is 1. The number of carbonyl (C=O) groups is 2. The fourth-order valence-electron chi connectivity index (χ4n) is 7.07. The van der Waals surface area contributed by atoms with E-state index in [2.05, 4.69) is 11.8 Å². The van der Waals surface area contributed by atoms with Gasteiger partial charge in [0.1, 0.15) is 0 Å². The number of ether oxygens (including phenoxy) is 2. The van der Waals surface area contributed by atoms with Gasteiger partial charge in [0.25, 0.3) is 5.91 Å². The Hall–Kier alpha value is -3.46. The van der Waals surface area contributed by atoms with Gasteiger partial charge in [0.05, 0.1) is 29.7 Å². The van der Waals surface area contributed by atoms with Crippen LogP contribution >= 0.6 is 23.2 Å². The van der Waals surface area contributed by atoms with E-state index in [1.165, 1.54) is 26.4 Å². The van der Waals surface area contributed by atoms with Crippen molar-refractivity contribution in [2.75, 3.05) is 40.4 Å². The highest BCUT2D eigenvalue weighted by molar-refractivity contribution is 6.42. The Bertz CT molecular complexity index is 1490. The molecule has 0 aliphatic carbocycles. The average Bonchev–Trinajstić information content (AvgIpc) is 3.48. The number of aromatic hydroxyl groups is 1. The molecule has 3 aromatic rings. The smallest absolute Gasteiger partial charge is 0.254 e. The fourth-order valence-corrected chi connectivity index (χ4v) is 7.37. The van der Waals surface area contributed by atoms with Crippen molar-refractivity contribution in [2.45, 2.75) is 43.1 Å². The maximum absolute atomic E-state index is 14.0. The van der Waals surface area contributed by atoms with Crippen LogP contribution in [0, 0.1) is 0 Å². The van der Waals surface area contributed by atoms with Crippen molar-refractivity contribution in [3.63, 3.8) is 0 Å². The number of primary amides is 1. The SMILES string of the molecule is CCN1CCC(C(N)=O)(c2ccccc2)CC1C1(c2ccc(Cl)c(Cl)c2)CCN(C(=O)c2cc(OC)c(O)c(OC)c2)C1. The highest BCUT2D eigenvalue weighted by atomic mass is 35.5. The Labute approximate surface area is 262 Å². The number of nitrogens with zero attached hydrogens (tertiary/aromatic N) is 2. The summed E-state index contributed by atoms with van der Waals surface area (Å²) in [5, 5.41) is 11.3. The number of hydrogen-bond donors (Lipinski definition) is 2. The summed E-state index contributed by atoms with van der Waals surface area (Å²) in [6, 6.07) is 18.3. The molecule has 0 bridgehead atoms. The van der Waals surface area contributed by atoms with Gasteiger partial charge in [0.15, 0.2) is 11.5 Å². The molecule has 2 fully saturated rings. The first kappa shape index (κ1) is 31.0. The van der Waals surface area contributed by atoms with E-state index in [0.29, 0.717) is 54.5 Å². The molecule has 5 rings (SSSR count). The molecule has 3 unspecified atom stereocenters. The number of carbonyl (C=O) groups excluding carboxylic acids is 2. The maximum atomic E-state index is 14.0. The van der Waals surface area contributed by atoms with Crippen LogP contribution in [0.1, 0.15) is 47.7 Å². The predicted octanol–water partition coefficient (Wildman–Crippen LogP) is 5.41. The van der Waals surface area contributed by atoms with Crippen molar-refractivity contribution < 1.29 is 24.2 Å². The third-order valence-corrected chi connectivity index (χ3v) is 10.2. The highest BCUT2D eigenvalue weighted by Crippen LogP contribution is 2.49. The second-order valence-corrected chi connectivity index (χ2v) is 12.2. The number of methoxy groups -OCH3 is 2. The molecule has 2 amide bonds. The van der Waals surface area contributed by atoms with Crippen LogP contribution in [0.4, 0.5) is 0 Å². The molecular weight excluding hydrogens is 589 g/mol. The zero-order valence-corrected chi connectivity index (χ0v) is 26.1. The van der Waals surface area contributed by atoms with E-state index in [1.807, 2.05) is 47.4 Å². The van der Waals surface area contributed by atoms with Gasteiger partial charge in [-0.2, -0.15) is 0 Å². The maximum Gasteiger partial charge on any atom is 0.254 e. The number of piperidine rings is 1. The highest BCUT2D eigenvalue weighted by Gasteiger charge is 2.55. The molecule has 0 spiro atoms. The minimum absolute atomic E-state index is 0.141. The first-order valence-electron chi connectivity index (χ1n) is 14.4. The number of benzene rings is 3. The van der Waals surface area contributed by atoms with Gasteiger partial charge in [-0.3, -0.25) is 14.5 Å². The molecule has 2 aliphatic heterocycles. The first-order valence-corrected chi connectivity index (χ1v) is 15.1. The molecule has 0 radical (unpaired) electrons. The van der Waals surface area contributed by atoms with Crippen molar-refractivity contribution in [3.05, 3.63) is 87.4 Å². The van der Waals surface area contributed by atoms with Gasteiger partial charge in [0.2, 0.25) is 11.7 Å². The minimum atomic E-state index is -0.865. The van der Waals surface area contributed by atoms with Crippen molar-refractivity contribution in [1.82, 2.24) is 9.80 Å². The molecule has 43 heavy (non-hydrogen) atoms. The predicted molar refractivity (Wildman–Crippen MR) is 167 cm³/mol. The quantitative estimate of drug-likeness (QED) is 0.347. The van der Waals surface area contributed by atoms with Crippen LogP contribution in [0.2, 0.25) is 10.0 Å². The molecule has 10 heteroatoms. The van der Waals surface area contributed by atoms with Gasteiger partial charge >= 0.3 is 0 Å². The summed E-state index contributed by atoms with van der Waals surface area (Å²) in [6.45, 7) is 4.38. The monoisotopic (exact) mass is 625 g/mol. The van der Waals surface area contributed by atoms with Crippen LogP contribution in [0.25, 0.3) is 0 Å². The first-order chi connectivity index (χ1) is 20.6. The molecular formula is C33H37Cl2N3O5. The summed E-state index contributed by atoms with van der Waals surface area (Å²) in [5.74, 6) is -0.440. The lowest BCUT2D eigenvalue weighted by Crippen LogP contribution is -2.61. The van der Waals surface area contributed by atoms with E-state index in [-0.39, 0.29) is 35.1 Å². The molecule has 3 atom stereocenters. The third kappa shape index (κ3) is 5.41. The van der Waals surface area contributed by atoms with Crippen LogP contribution in [0.3, 0.4) is 0 Å².